The number of nitrogens with zero attached hydrogens (tertiary/aromatic N) is 1. The van der Waals surface area contributed by atoms with Crippen LogP contribution in [0, 0.1) is 17.8 Å². The van der Waals surface area contributed by atoms with E-state index < -0.39 is 0 Å². The Labute approximate surface area is 160 Å². The maximum atomic E-state index is 12.9. The first-order valence-corrected chi connectivity index (χ1v) is 9.85. The molecule has 0 aromatic heterocycles. The van der Waals surface area contributed by atoms with Crippen molar-refractivity contribution in [3.8, 4) is 0 Å². The number of anilines is 1. The summed E-state index contributed by atoms with van der Waals surface area (Å²) in [7, 11) is 0. The summed E-state index contributed by atoms with van der Waals surface area (Å²) in [6, 6.07) is 7.11. The molecule has 3 rings (SSSR count). The van der Waals surface area contributed by atoms with E-state index in [9.17, 15) is 14.4 Å². The van der Waals surface area contributed by atoms with Gasteiger partial charge in [0, 0.05) is 42.2 Å². The van der Waals surface area contributed by atoms with Gasteiger partial charge in [-0.25, -0.2) is 0 Å². The van der Waals surface area contributed by atoms with Gasteiger partial charge in [0.2, 0.25) is 11.8 Å². The van der Waals surface area contributed by atoms with Crippen LogP contribution in [0.1, 0.15) is 50.4 Å². The molecule has 146 valence electrons. The zero-order valence-electron chi connectivity index (χ0n) is 16.3. The highest BCUT2D eigenvalue weighted by molar-refractivity contribution is 5.98. The number of amides is 3. The predicted octanol–water partition coefficient (Wildman–Crippen LogP) is 2.66. The van der Waals surface area contributed by atoms with Crippen LogP contribution in [-0.4, -0.2) is 41.8 Å². The monoisotopic (exact) mass is 371 g/mol. The molecule has 1 aliphatic carbocycles. The van der Waals surface area contributed by atoms with Crippen LogP contribution in [0.25, 0.3) is 0 Å². The van der Waals surface area contributed by atoms with Crippen LogP contribution < -0.4 is 10.6 Å². The standard InChI is InChI=1S/C21H29N3O3/c1-13(2)19(25)23-17-8-5-9-24(12-17)21(27)15-6-4-7-16(11-15)22-20(26)18-10-14(18)3/h4,6-7,11,13-14,17-18H,5,8-10,12H2,1-3H3,(H,22,26)(H,23,25)/t14-,17+,18-/m0/s1. The number of hydrogen-bond acceptors (Lipinski definition) is 3. The number of nitrogens with one attached hydrogen (secondary N) is 2. The van der Waals surface area contributed by atoms with E-state index in [1.165, 1.54) is 0 Å². The maximum absolute atomic E-state index is 12.9. The van der Waals surface area contributed by atoms with Crippen LogP contribution in [-0.2, 0) is 9.59 Å². The summed E-state index contributed by atoms with van der Waals surface area (Å²) < 4.78 is 0. The van der Waals surface area contributed by atoms with Gasteiger partial charge in [0.1, 0.15) is 0 Å². The number of rotatable bonds is 5. The molecule has 1 saturated heterocycles. The second-order valence-corrected chi connectivity index (χ2v) is 8.14. The molecular weight excluding hydrogens is 342 g/mol. The topological polar surface area (TPSA) is 78.5 Å². The molecule has 27 heavy (non-hydrogen) atoms. The Morgan fingerprint density at radius 1 is 1.22 bits per heavy atom. The molecule has 1 aromatic rings. The van der Waals surface area contributed by atoms with Gasteiger partial charge >= 0.3 is 0 Å². The zero-order chi connectivity index (χ0) is 19.6. The summed E-state index contributed by atoms with van der Waals surface area (Å²) in [6.07, 6.45) is 2.68. The van der Waals surface area contributed by atoms with Gasteiger partial charge in [0.05, 0.1) is 0 Å². The lowest BCUT2D eigenvalue weighted by atomic mass is 10.0. The summed E-state index contributed by atoms with van der Waals surface area (Å²) >= 11 is 0. The first-order valence-electron chi connectivity index (χ1n) is 9.85. The highest BCUT2D eigenvalue weighted by atomic mass is 16.2. The molecule has 6 nitrogen and oxygen atoms in total. The lowest BCUT2D eigenvalue weighted by Crippen LogP contribution is -2.50. The average molecular weight is 371 g/mol. The van der Waals surface area contributed by atoms with Crippen molar-refractivity contribution in [2.24, 2.45) is 17.8 Å². The third kappa shape index (κ3) is 4.87. The van der Waals surface area contributed by atoms with Crippen molar-refractivity contribution in [3.63, 3.8) is 0 Å². The summed E-state index contributed by atoms with van der Waals surface area (Å²) in [4.78, 5) is 38.7. The zero-order valence-corrected chi connectivity index (χ0v) is 16.3. The van der Waals surface area contributed by atoms with E-state index >= 15 is 0 Å². The van der Waals surface area contributed by atoms with Gasteiger partial charge in [0.15, 0.2) is 0 Å². The molecule has 1 heterocycles. The van der Waals surface area contributed by atoms with Gasteiger partial charge in [0.25, 0.3) is 5.91 Å². The normalized spacial score (nSPS) is 24.4. The summed E-state index contributed by atoms with van der Waals surface area (Å²) in [5.74, 6) is 0.465. The largest absolute Gasteiger partial charge is 0.351 e. The van der Waals surface area contributed by atoms with Gasteiger partial charge in [-0.2, -0.15) is 0 Å². The third-order valence-corrected chi connectivity index (χ3v) is 5.40. The van der Waals surface area contributed by atoms with E-state index in [1.54, 1.807) is 23.1 Å². The summed E-state index contributed by atoms with van der Waals surface area (Å²) in [5.41, 5.74) is 1.22. The Hall–Kier alpha value is -2.37. The SMILES string of the molecule is CC(C)C(=O)N[C@@H]1CCCN(C(=O)c2cccc(NC(=O)[C@H]3C[C@@H]3C)c2)C1. The van der Waals surface area contributed by atoms with Crippen LogP contribution in [0.5, 0.6) is 0 Å². The molecule has 6 heteroatoms. The molecule has 2 N–H and O–H groups in total. The van der Waals surface area contributed by atoms with Crippen LogP contribution in [0.15, 0.2) is 24.3 Å². The number of hydrogen-bond donors (Lipinski definition) is 2. The van der Waals surface area contributed by atoms with Crippen molar-refractivity contribution in [2.45, 2.75) is 46.1 Å². The smallest absolute Gasteiger partial charge is 0.253 e. The molecule has 1 aliphatic heterocycles. The molecule has 0 spiro atoms. The molecule has 0 bridgehead atoms. The number of piperidine rings is 1. The minimum Gasteiger partial charge on any atom is -0.351 e. The second-order valence-electron chi connectivity index (χ2n) is 8.14. The minimum absolute atomic E-state index is 0.00293. The number of likely N-dealkylation sites (tertiary alicyclic amines) is 1. The number of carbonyl (C=O) groups is 3. The van der Waals surface area contributed by atoms with Crippen molar-refractivity contribution in [2.75, 3.05) is 18.4 Å². The quantitative estimate of drug-likeness (QED) is 0.835. The third-order valence-electron chi connectivity index (χ3n) is 5.40. The van der Waals surface area contributed by atoms with Gasteiger partial charge in [-0.05, 0) is 43.4 Å². The van der Waals surface area contributed by atoms with Crippen molar-refractivity contribution in [1.82, 2.24) is 10.2 Å². The fourth-order valence-corrected chi connectivity index (χ4v) is 3.48. The summed E-state index contributed by atoms with van der Waals surface area (Å²) in [6.45, 7) is 7.00. The fraction of sp³-hybridized carbons (Fsp3) is 0.571. The van der Waals surface area contributed by atoms with E-state index in [0.717, 1.165) is 19.3 Å². The van der Waals surface area contributed by atoms with Gasteiger partial charge in [-0.15, -0.1) is 0 Å². The second kappa shape index (κ2) is 8.11. The molecule has 2 fully saturated rings. The molecule has 2 aliphatic rings. The fourth-order valence-electron chi connectivity index (χ4n) is 3.48. The molecule has 0 radical (unpaired) electrons. The molecule has 0 unspecified atom stereocenters. The van der Waals surface area contributed by atoms with Crippen LogP contribution in [0.2, 0.25) is 0 Å². The van der Waals surface area contributed by atoms with Crippen molar-refractivity contribution in [1.29, 1.82) is 0 Å². The predicted molar refractivity (Wildman–Crippen MR) is 104 cm³/mol. The molecular formula is C21H29N3O3. The summed E-state index contributed by atoms with van der Waals surface area (Å²) in [5, 5.41) is 5.94. The van der Waals surface area contributed by atoms with E-state index in [2.05, 4.69) is 17.6 Å². The Morgan fingerprint density at radius 3 is 2.63 bits per heavy atom. The lowest BCUT2D eigenvalue weighted by molar-refractivity contribution is -0.125. The Morgan fingerprint density at radius 2 is 1.96 bits per heavy atom. The highest BCUT2D eigenvalue weighted by Gasteiger charge is 2.39. The van der Waals surface area contributed by atoms with Crippen molar-refractivity contribution < 1.29 is 14.4 Å². The van der Waals surface area contributed by atoms with Gasteiger partial charge in [-0.3, -0.25) is 14.4 Å². The molecule has 3 amide bonds. The van der Waals surface area contributed by atoms with Crippen molar-refractivity contribution >= 4 is 23.4 Å². The maximum Gasteiger partial charge on any atom is 0.253 e. The average Bonchev–Trinajstić information content (AvgIpc) is 3.38. The van der Waals surface area contributed by atoms with Gasteiger partial charge < -0.3 is 15.5 Å². The first kappa shape index (κ1) is 19.4. The molecule has 1 aromatic carbocycles. The molecule has 1 saturated carbocycles. The van der Waals surface area contributed by atoms with E-state index in [0.29, 0.717) is 30.3 Å². The highest BCUT2D eigenvalue weighted by Crippen LogP contribution is 2.38. The Balaban J connectivity index is 1.62. The first-order chi connectivity index (χ1) is 12.8. The molecule has 3 atom stereocenters. The van der Waals surface area contributed by atoms with E-state index in [1.807, 2.05) is 19.9 Å². The van der Waals surface area contributed by atoms with Gasteiger partial charge in [-0.1, -0.05) is 26.8 Å². The van der Waals surface area contributed by atoms with Crippen LogP contribution >= 0.6 is 0 Å². The van der Waals surface area contributed by atoms with E-state index in [4.69, 9.17) is 0 Å². The van der Waals surface area contributed by atoms with Crippen LogP contribution in [0.4, 0.5) is 5.69 Å². The van der Waals surface area contributed by atoms with Crippen LogP contribution in [0.3, 0.4) is 0 Å². The van der Waals surface area contributed by atoms with E-state index in [-0.39, 0.29) is 35.6 Å². The van der Waals surface area contributed by atoms with Crippen molar-refractivity contribution in [3.05, 3.63) is 29.8 Å². The Kier molecular flexibility index (Phi) is 5.82. The lowest BCUT2D eigenvalue weighted by Gasteiger charge is -2.33. The Bertz CT molecular complexity index is 731. The minimum atomic E-state index is -0.0643. The number of benzene rings is 1. The number of carbonyl (C=O) groups excluding carboxylic acids is 3.